The van der Waals surface area contributed by atoms with Crippen LogP contribution >= 0.6 is 11.6 Å². The highest BCUT2D eigenvalue weighted by Crippen LogP contribution is 2.36. The quantitative estimate of drug-likeness (QED) is 0.161. The fraction of sp³-hybridized carbons (Fsp3) is 0.594. The lowest BCUT2D eigenvalue weighted by atomic mass is 9.95. The van der Waals surface area contributed by atoms with Crippen molar-refractivity contribution in [3.05, 3.63) is 53.1 Å². The van der Waals surface area contributed by atoms with Crippen molar-refractivity contribution in [2.24, 2.45) is 0 Å². The van der Waals surface area contributed by atoms with Gasteiger partial charge in [-0.15, -0.1) is 0 Å². The third-order valence-electron chi connectivity index (χ3n) is 7.10. The normalized spacial score (nSPS) is 17.5. The Kier molecular flexibility index (Phi) is 13.3. The van der Waals surface area contributed by atoms with E-state index in [1.165, 1.54) is 44.9 Å². The molecule has 204 valence electrons. The highest BCUT2D eigenvalue weighted by molar-refractivity contribution is 6.33. The smallest absolute Gasteiger partial charge is 0.305 e. The van der Waals surface area contributed by atoms with Crippen LogP contribution in [0.25, 0.3) is 11.1 Å². The Bertz CT molecular complexity index is 927. The molecule has 37 heavy (non-hydrogen) atoms. The van der Waals surface area contributed by atoms with Gasteiger partial charge >= 0.3 is 5.97 Å². The molecule has 0 radical (unpaired) electrons. The zero-order chi connectivity index (χ0) is 26.3. The fourth-order valence-corrected chi connectivity index (χ4v) is 5.19. The number of carbonyl (C=O) groups excluding carboxylic acids is 1. The minimum atomic E-state index is -0.0991. The molecule has 1 saturated heterocycles. The Morgan fingerprint density at radius 2 is 1.62 bits per heavy atom. The molecule has 4 nitrogen and oxygen atoms in total. The molecule has 0 N–H and O–H groups in total. The van der Waals surface area contributed by atoms with Gasteiger partial charge in [0.15, 0.2) is 0 Å². The minimum absolute atomic E-state index is 0.0199. The largest absolute Gasteiger partial charge is 0.494 e. The fourth-order valence-electron chi connectivity index (χ4n) is 4.97. The molecule has 0 amide bonds. The highest BCUT2D eigenvalue weighted by atomic mass is 35.5. The van der Waals surface area contributed by atoms with Gasteiger partial charge in [0.25, 0.3) is 0 Å². The number of ether oxygens (including phenoxy) is 3. The number of esters is 1. The molecule has 1 heterocycles. The van der Waals surface area contributed by atoms with Gasteiger partial charge in [-0.1, -0.05) is 88.1 Å². The van der Waals surface area contributed by atoms with Crippen LogP contribution in [0.3, 0.4) is 0 Å². The van der Waals surface area contributed by atoms with Crippen LogP contribution in [0.2, 0.25) is 5.02 Å². The molecule has 1 aliphatic rings. The number of halogens is 1. The molecule has 0 aromatic heterocycles. The first-order valence-electron chi connectivity index (χ1n) is 14.4. The zero-order valence-electron chi connectivity index (χ0n) is 22.8. The van der Waals surface area contributed by atoms with E-state index < -0.39 is 0 Å². The molecule has 2 aromatic carbocycles. The van der Waals surface area contributed by atoms with E-state index in [9.17, 15) is 4.79 Å². The summed E-state index contributed by atoms with van der Waals surface area (Å²) in [5.74, 6) is 0.752. The summed E-state index contributed by atoms with van der Waals surface area (Å²) >= 11 is 6.55. The molecule has 0 aliphatic carbocycles. The first-order chi connectivity index (χ1) is 18.1. The van der Waals surface area contributed by atoms with Crippen LogP contribution in [-0.4, -0.2) is 25.3 Å². The Labute approximate surface area is 229 Å². The average molecular weight is 529 g/mol. The van der Waals surface area contributed by atoms with Crippen LogP contribution in [0.5, 0.6) is 5.75 Å². The molecular weight excluding hydrogens is 484 g/mol. The van der Waals surface area contributed by atoms with Gasteiger partial charge in [-0.05, 0) is 68.0 Å². The van der Waals surface area contributed by atoms with Crippen molar-refractivity contribution in [1.29, 1.82) is 0 Å². The van der Waals surface area contributed by atoms with Gasteiger partial charge in [-0.25, -0.2) is 0 Å². The van der Waals surface area contributed by atoms with Crippen molar-refractivity contribution in [1.82, 2.24) is 0 Å². The number of carbonyl (C=O) groups is 1. The Balaban J connectivity index is 1.41. The van der Waals surface area contributed by atoms with Gasteiger partial charge in [-0.3, -0.25) is 4.79 Å². The molecule has 1 fully saturated rings. The van der Waals surface area contributed by atoms with Crippen molar-refractivity contribution in [2.75, 3.05) is 13.2 Å². The van der Waals surface area contributed by atoms with E-state index >= 15 is 0 Å². The van der Waals surface area contributed by atoms with E-state index in [-0.39, 0.29) is 18.2 Å². The van der Waals surface area contributed by atoms with E-state index in [0.29, 0.717) is 24.7 Å². The summed E-state index contributed by atoms with van der Waals surface area (Å²) in [6.45, 7) is 5.21. The lowest BCUT2D eigenvalue weighted by molar-refractivity contribution is -0.152. The summed E-state index contributed by atoms with van der Waals surface area (Å²) in [5, 5.41) is 0.714. The van der Waals surface area contributed by atoms with Crippen molar-refractivity contribution in [2.45, 2.75) is 110 Å². The van der Waals surface area contributed by atoms with Crippen LogP contribution in [-0.2, 0) is 14.3 Å². The maximum Gasteiger partial charge on any atom is 0.305 e. The van der Waals surface area contributed by atoms with Crippen LogP contribution in [0.15, 0.2) is 42.5 Å². The van der Waals surface area contributed by atoms with E-state index in [1.54, 1.807) is 0 Å². The van der Waals surface area contributed by atoms with Gasteiger partial charge in [-0.2, -0.15) is 0 Å². The summed E-state index contributed by atoms with van der Waals surface area (Å²) in [6.07, 6.45) is 14.5. The molecule has 0 spiro atoms. The average Bonchev–Trinajstić information content (AvgIpc) is 2.92. The molecule has 0 bridgehead atoms. The molecule has 2 aromatic rings. The first-order valence-corrected chi connectivity index (χ1v) is 14.8. The molecule has 2 atom stereocenters. The number of hydrogen-bond acceptors (Lipinski definition) is 4. The molecule has 0 saturated carbocycles. The first kappa shape index (κ1) is 29.5. The van der Waals surface area contributed by atoms with E-state index in [1.807, 2.05) is 43.3 Å². The predicted molar refractivity (Wildman–Crippen MR) is 152 cm³/mol. The monoisotopic (exact) mass is 528 g/mol. The van der Waals surface area contributed by atoms with E-state index in [4.69, 9.17) is 25.8 Å². The third kappa shape index (κ3) is 10.3. The van der Waals surface area contributed by atoms with Gasteiger partial charge in [0.2, 0.25) is 0 Å². The summed E-state index contributed by atoms with van der Waals surface area (Å²) in [4.78, 5) is 12.2. The Morgan fingerprint density at radius 3 is 2.32 bits per heavy atom. The van der Waals surface area contributed by atoms with Crippen molar-refractivity contribution in [3.63, 3.8) is 0 Å². The second-order valence-electron chi connectivity index (χ2n) is 10.1. The summed E-state index contributed by atoms with van der Waals surface area (Å²) in [5.41, 5.74) is 3.15. The van der Waals surface area contributed by atoms with Crippen LogP contribution in [0.4, 0.5) is 0 Å². The third-order valence-corrected chi connectivity index (χ3v) is 7.43. The Hall–Kier alpha value is -2.04. The lowest BCUT2D eigenvalue weighted by Crippen LogP contribution is -2.28. The number of rotatable bonds is 16. The molecule has 5 heteroatoms. The van der Waals surface area contributed by atoms with Gasteiger partial charge in [0.1, 0.15) is 12.4 Å². The zero-order valence-corrected chi connectivity index (χ0v) is 23.6. The summed E-state index contributed by atoms with van der Waals surface area (Å²) < 4.78 is 17.5. The summed E-state index contributed by atoms with van der Waals surface area (Å²) in [6, 6.07) is 14.1. The molecular formula is C32H45ClO4. The molecule has 0 unspecified atom stereocenters. The van der Waals surface area contributed by atoms with Gasteiger partial charge in [0, 0.05) is 17.0 Å². The lowest BCUT2D eigenvalue weighted by Gasteiger charge is -2.30. The highest BCUT2D eigenvalue weighted by Gasteiger charge is 2.25. The number of benzene rings is 2. The minimum Gasteiger partial charge on any atom is -0.494 e. The SMILES string of the molecule is CCCCCCCCCCCC(=O)OC[C@H]1CCC[C@@H](c2ccc(Cl)c(-c3ccc(OCC)cc3)c2)O1. The van der Waals surface area contributed by atoms with Crippen molar-refractivity contribution >= 4 is 17.6 Å². The summed E-state index contributed by atoms with van der Waals surface area (Å²) in [7, 11) is 0. The number of unbranched alkanes of at least 4 members (excludes halogenated alkanes) is 8. The van der Waals surface area contributed by atoms with E-state index in [0.717, 1.165) is 54.5 Å². The van der Waals surface area contributed by atoms with Crippen LogP contribution in [0.1, 0.15) is 109 Å². The molecule has 3 rings (SSSR count). The van der Waals surface area contributed by atoms with Crippen LogP contribution in [0, 0.1) is 0 Å². The standard InChI is InChI=1S/C32H45ClO4/c1-3-5-6-7-8-9-10-11-12-16-32(34)36-24-28-14-13-15-31(37-28)26-19-22-30(33)29(23-26)25-17-20-27(21-18-25)35-4-2/h17-23,28,31H,3-16,24H2,1-2H3/t28-,31+/m1/s1. The topological polar surface area (TPSA) is 44.8 Å². The van der Waals surface area contributed by atoms with Crippen LogP contribution < -0.4 is 4.74 Å². The van der Waals surface area contributed by atoms with E-state index in [2.05, 4.69) is 13.0 Å². The number of hydrogen-bond donors (Lipinski definition) is 0. The van der Waals surface area contributed by atoms with Crippen molar-refractivity contribution in [3.8, 4) is 16.9 Å². The maximum absolute atomic E-state index is 12.2. The second kappa shape index (κ2) is 16.7. The molecule has 1 aliphatic heterocycles. The maximum atomic E-state index is 12.2. The predicted octanol–water partition coefficient (Wildman–Crippen LogP) is 9.48. The van der Waals surface area contributed by atoms with Crippen molar-refractivity contribution < 1.29 is 19.0 Å². The Morgan fingerprint density at radius 1 is 0.919 bits per heavy atom. The second-order valence-corrected chi connectivity index (χ2v) is 10.5. The van der Waals surface area contributed by atoms with Gasteiger partial charge < -0.3 is 14.2 Å². The van der Waals surface area contributed by atoms with Gasteiger partial charge in [0.05, 0.1) is 18.8 Å².